The molecule has 1 saturated carbocycles. The van der Waals surface area contributed by atoms with Crippen molar-refractivity contribution in [3.8, 4) is 17.5 Å². The van der Waals surface area contributed by atoms with Crippen LogP contribution in [0.15, 0.2) is 35.4 Å². The maximum Gasteiger partial charge on any atom is 0.404 e. The van der Waals surface area contributed by atoms with Gasteiger partial charge in [0, 0.05) is 12.2 Å². The van der Waals surface area contributed by atoms with Gasteiger partial charge in [-0.05, 0) is 62.9 Å². The van der Waals surface area contributed by atoms with Gasteiger partial charge in [0.1, 0.15) is 22.8 Å². The van der Waals surface area contributed by atoms with Gasteiger partial charge in [0.05, 0.1) is 27.9 Å². The maximum absolute atomic E-state index is 14.9. The second-order valence-corrected chi connectivity index (χ2v) is 9.91. The van der Waals surface area contributed by atoms with Crippen LogP contribution in [0.1, 0.15) is 43.4 Å². The van der Waals surface area contributed by atoms with E-state index >= 15 is 0 Å². The smallest absolute Gasteiger partial charge is 0.335 e. The molecule has 33 heavy (non-hydrogen) atoms. The molecule has 0 aliphatic heterocycles. The van der Waals surface area contributed by atoms with Crippen molar-refractivity contribution in [3.63, 3.8) is 0 Å². The van der Waals surface area contributed by atoms with Crippen LogP contribution >= 0.6 is 0 Å². The summed E-state index contributed by atoms with van der Waals surface area (Å²) in [7, 11) is -4.48. The Bertz CT molecular complexity index is 1370. The van der Waals surface area contributed by atoms with Crippen molar-refractivity contribution in [2.75, 3.05) is 0 Å². The van der Waals surface area contributed by atoms with Gasteiger partial charge < -0.3 is 4.57 Å². The molecule has 174 valence electrons. The summed E-state index contributed by atoms with van der Waals surface area (Å²) in [6.45, 7) is 2.45. The van der Waals surface area contributed by atoms with Crippen molar-refractivity contribution >= 4 is 20.9 Å². The third kappa shape index (κ3) is 4.09. The van der Waals surface area contributed by atoms with E-state index < -0.39 is 33.0 Å². The van der Waals surface area contributed by atoms with Crippen LogP contribution in [-0.2, 0) is 10.0 Å². The highest BCUT2D eigenvalue weighted by molar-refractivity contribution is 7.89. The van der Waals surface area contributed by atoms with Crippen molar-refractivity contribution in [1.29, 1.82) is 5.26 Å². The molecule has 6 nitrogen and oxygen atoms in total. The molecule has 3 aromatic rings. The number of nitrogens with zero attached hydrogens (tertiary/aromatic N) is 3. The third-order valence-electron chi connectivity index (χ3n) is 5.86. The largest absolute Gasteiger partial charge is 0.404 e. The van der Waals surface area contributed by atoms with E-state index in [2.05, 4.69) is 11.1 Å². The van der Waals surface area contributed by atoms with E-state index in [1.165, 1.54) is 12.1 Å². The van der Waals surface area contributed by atoms with E-state index in [0.717, 1.165) is 31.5 Å². The summed E-state index contributed by atoms with van der Waals surface area (Å²) < 4.78 is 81.4. The van der Waals surface area contributed by atoms with Crippen molar-refractivity contribution < 1.29 is 26.0 Å². The highest BCUT2D eigenvalue weighted by Crippen LogP contribution is 2.43. The fourth-order valence-corrected chi connectivity index (χ4v) is 5.13. The first-order valence-corrected chi connectivity index (χ1v) is 11.7. The average molecular weight is 480 g/mol. The first-order chi connectivity index (χ1) is 15.4. The molecule has 11 heteroatoms. The summed E-state index contributed by atoms with van der Waals surface area (Å²) in [5, 5.41) is 10.0. The number of aromatic nitrogens is 2. The van der Waals surface area contributed by atoms with Gasteiger partial charge in [0.15, 0.2) is 0 Å². The fraction of sp³-hybridized carbons (Fsp3) is 0.364. The number of alkyl halides is 3. The molecular formula is C22H20F4N4O2S. The lowest BCUT2D eigenvalue weighted by molar-refractivity contribution is -0.147. The molecule has 1 aliphatic rings. The second kappa shape index (κ2) is 8.11. The first kappa shape index (κ1) is 23.2. The van der Waals surface area contributed by atoms with Crippen LogP contribution in [0.25, 0.3) is 22.3 Å². The standard InChI is InChI=1S/C22H20F4N4O2S/c1-12-8-17(23)20-16(10-27)21(30(19(20)9-12)14-4-3-5-14)18-7-6-15(11-28-18)33(31,32)29-13(2)22(24,25)26/h6-9,11,13-14,29H,3-5H2,1-2H3/t13-/m0/s1. The van der Waals surface area contributed by atoms with Crippen molar-refractivity contribution in [3.05, 3.63) is 47.4 Å². The van der Waals surface area contributed by atoms with E-state index in [1.54, 1.807) is 17.7 Å². The van der Waals surface area contributed by atoms with Crippen molar-refractivity contribution in [2.45, 2.75) is 56.3 Å². The molecule has 1 aliphatic carbocycles. The summed E-state index contributed by atoms with van der Waals surface area (Å²) in [4.78, 5) is 3.70. The lowest BCUT2D eigenvalue weighted by Crippen LogP contribution is -2.42. The summed E-state index contributed by atoms with van der Waals surface area (Å²) >= 11 is 0. The fourth-order valence-electron chi connectivity index (χ4n) is 3.95. The van der Waals surface area contributed by atoms with E-state index in [0.29, 0.717) is 23.7 Å². The number of hydrogen-bond acceptors (Lipinski definition) is 4. The van der Waals surface area contributed by atoms with Gasteiger partial charge in [0.2, 0.25) is 10.0 Å². The first-order valence-electron chi connectivity index (χ1n) is 10.2. The van der Waals surface area contributed by atoms with Crippen LogP contribution in [0, 0.1) is 24.1 Å². The minimum Gasteiger partial charge on any atom is -0.335 e. The number of hydrogen-bond donors (Lipinski definition) is 1. The Morgan fingerprint density at radius 2 is 1.97 bits per heavy atom. The molecule has 2 heterocycles. The van der Waals surface area contributed by atoms with Gasteiger partial charge in [-0.1, -0.05) is 0 Å². The molecular weight excluding hydrogens is 460 g/mol. The average Bonchev–Trinajstić information content (AvgIpc) is 3.00. The molecule has 1 atom stereocenters. The third-order valence-corrected chi connectivity index (χ3v) is 7.39. The number of pyridine rings is 1. The number of nitriles is 1. The zero-order chi connectivity index (χ0) is 24.1. The SMILES string of the molecule is Cc1cc(F)c2c(C#N)c(-c3ccc(S(=O)(=O)N[C@@H](C)C(F)(F)F)cn3)n(C3CCC3)c2c1. The Balaban J connectivity index is 1.83. The Kier molecular flexibility index (Phi) is 5.70. The van der Waals surface area contributed by atoms with E-state index in [9.17, 15) is 31.2 Å². The summed E-state index contributed by atoms with van der Waals surface area (Å²) in [6.07, 6.45) is -1.15. The lowest BCUT2D eigenvalue weighted by atomic mass is 9.92. The molecule has 0 spiro atoms. The molecule has 0 amide bonds. The molecule has 1 fully saturated rings. The summed E-state index contributed by atoms with van der Waals surface area (Å²) in [5.74, 6) is -0.537. The minimum absolute atomic E-state index is 0.0327. The second-order valence-electron chi connectivity index (χ2n) is 8.19. The minimum atomic E-state index is -4.74. The van der Waals surface area contributed by atoms with Crippen LogP contribution in [-0.4, -0.2) is 30.2 Å². The van der Waals surface area contributed by atoms with Crippen molar-refractivity contribution in [1.82, 2.24) is 14.3 Å². The number of halogens is 4. The molecule has 1 N–H and O–H groups in total. The topological polar surface area (TPSA) is 87.8 Å². The highest BCUT2D eigenvalue weighted by atomic mass is 32.2. The molecule has 4 rings (SSSR count). The molecule has 0 saturated heterocycles. The van der Waals surface area contributed by atoms with Gasteiger partial charge in [-0.25, -0.2) is 12.8 Å². The molecule has 0 unspecified atom stereocenters. The van der Waals surface area contributed by atoms with Crippen molar-refractivity contribution in [2.24, 2.45) is 0 Å². The zero-order valence-electron chi connectivity index (χ0n) is 17.7. The Hall–Kier alpha value is -2.97. The zero-order valence-corrected chi connectivity index (χ0v) is 18.6. The molecule has 0 bridgehead atoms. The number of aryl methyl sites for hydroxylation is 1. The number of nitrogens with one attached hydrogen (secondary N) is 1. The predicted octanol–water partition coefficient (Wildman–Crippen LogP) is 4.98. The maximum atomic E-state index is 14.9. The van der Waals surface area contributed by atoms with Gasteiger partial charge in [0.25, 0.3) is 0 Å². The number of fused-ring (bicyclic) bond motifs is 1. The van der Waals surface area contributed by atoms with Gasteiger partial charge in [-0.15, -0.1) is 0 Å². The number of sulfonamides is 1. The Labute approximate surface area is 187 Å². The summed E-state index contributed by atoms with van der Waals surface area (Å²) in [5.41, 5.74) is 1.93. The van der Waals surface area contributed by atoms with Gasteiger partial charge in [-0.2, -0.15) is 23.2 Å². The quantitative estimate of drug-likeness (QED) is 0.522. The van der Waals surface area contributed by atoms with Gasteiger partial charge >= 0.3 is 6.18 Å². The molecule has 0 radical (unpaired) electrons. The van der Waals surface area contributed by atoms with Crippen LogP contribution in [0.3, 0.4) is 0 Å². The predicted molar refractivity (Wildman–Crippen MR) is 113 cm³/mol. The number of rotatable bonds is 5. The van der Waals surface area contributed by atoms with E-state index in [1.807, 2.05) is 4.57 Å². The normalized spacial score (nSPS) is 15.9. The van der Waals surface area contributed by atoms with E-state index in [4.69, 9.17) is 0 Å². The van der Waals surface area contributed by atoms with E-state index in [-0.39, 0.29) is 22.7 Å². The van der Waals surface area contributed by atoms with Crippen LogP contribution in [0.5, 0.6) is 0 Å². The monoisotopic (exact) mass is 480 g/mol. The highest BCUT2D eigenvalue weighted by Gasteiger charge is 2.39. The molecule has 2 aromatic heterocycles. The Morgan fingerprint density at radius 1 is 1.27 bits per heavy atom. The van der Waals surface area contributed by atoms with Crippen LogP contribution < -0.4 is 4.72 Å². The van der Waals surface area contributed by atoms with Gasteiger partial charge in [-0.3, -0.25) is 4.98 Å². The Morgan fingerprint density at radius 3 is 2.48 bits per heavy atom. The lowest BCUT2D eigenvalue weighted by Gasteiger charge is -2.30. The van der Waals surface area contributed by atoms with Crippen LogP contribution in [0.4, 0.5) is 17.6 Å². The summed E-state index contributed by atoms with van der Waals surface area (Å²) in [6, 6.07) is 5.39. The van der Waals surface area contributed by atoms with Crippen LogP contribution in [0.2, 0.25) is 0 Å². The molecule has 1 aromatic carbocycles. The number of benzene rings is 1.